The zero-order valence-electron chi connectivity index (χ0n) is 8.90. The van der Waals surface area contributed by atoms with E-state index in [9.17, 15) is 0 Å². The predicted octanol–water partition coefficient (Wildman–Crippen LogP) is 2.79. The highest BCUT2D eigenvalue weighted by molar-refractivity contribution is 5.69. The van der Waals surface area contributed by atoms with Crippen LogP contribution < -0.4 is 0 Å². The van der Waals surface area contributed by atoms with Gasteiger partial charge < -0.3 is 0 Å². The van der Waals surface area contributed by atoms with Crippen molar-refractivity contribution < 1.29 is 0 Å². The van der Waals surface area contributed by atoms with Crippen molar-refractivity contribution in [2.75, 3.05) is 13.6 Å². The molecule has 2 rings (SSSR count). The van der Waals surface area contributed by atoms with Crippen LogP contribution in [0, 0.1) is 0 Å². The Morgan fingerprint density at radius 3 is 2.64 bits per heavy atom. The lowest BCUT2D eigenvalue weighted by atomic mass is 9.95. The summed E-state index contributed by atoms with van der Waals surface area (Å²) >= 11 is 0. The minimum atomic E-state index is 0.547. The van der Waals surface area contributed by atoms with Crippen LogP contribution in [-0.4, -0.2) is 24.5 Å². The summed E-state index contributed by atoms with van der Waals surface area (Å²) in [5.74, 6) is 0. The van der Waals surface area contributed by atoms with E-state index in [0.29, 0.717) is 6.04 Å². The monoisotopic (exact) mass is 187 g/mol. The summed E-state index contributed by atoms with van der Waals surface area (Å²) < 4.78 is 0. The third kappa shape index (κ3) is 1.73. The summed E-state index contributed by atoms with van der Waals surface area (Å²) in [6.45, 7) is 3.45. The molecule has 0 N–H and O–H groups in total. The molecule has 0 saturated carbocycles. The fourth-order valence-electron chi connectivity index (χ4n) is 2.01. The maximum absolute atomic E-state index is 2.41. The van der Waals surface area contributed by atoms with Gasteiger partial charge in [0.15, 0.2) is 0 Å². The van der Waals surface area contributed by atoms with Crippen LogP contribution in [0.15, 0.2) is 36.4 Å². The zero-order chi connectivity index (χ0) is 9.97. The molecule has 1 aliphatic rings. The number of hydrogen-bond acceptors (Lipinski definition) is 1. The summed E-state index contributed by atoms with van der Waals surface area (Å²) in [6, 6.07) is 11.2. The number of rotatable bonds is 1. The number of hydrogen-bond donors (Lipinski definition) is 0. The lowest BCUT2D eigenvalue weighted by Crippen LogP contribution is -2.33. The first kappa shape index (κ1) is 9.47. The molecule has 74 valence electrons. The van der Waals surface area contributed by atoms with Crippen molar-refractivity contribution in [2.45, 2.75) is 19.4 Å². The van der Waals surface area contributed by atoms with E-state index < -0.39 is 0 Å². The van der Waals surface area contributed by atoms with Crippen molar-refractivity contribution in [1.29, 1.82) is 0 Å². The molecule has 1 aromatic rings. The standard InChI is InChI=1S/C13H17N/c1-11-13(9-6-10-14(11)2)12-7-4-3-5-8-12/h3-5,7-9,11H,6,10H2,1-2H3. The fourth-order valence-corrected chi connectivity index (χ4v) is 2.01. The Labute approximate surface area is 86.1 Å². The highest BCUT2D eigenvalue weighted by Gasteiger charge is 2.18. The van der Waals surface area contributed by atoms with E-state index in [1.54, 1.807) is 0 Å². The quantitative estimate of drug-likeness (QED) is 0.653. The van der Waals surface area contributed by atoms with Gasteiger partial charge in [0.1, 0.15) is 0 Å². The molecule has 1 aromatic carbocycles. The Bertz CT molecular complexity index is 326. The normalized spacial score (nSPS) is 23.3. The lowest BCUT2D eigenvalue weighted by molar-refractivity contribution is 0.300. The van der Waals surface area contributed by atoms with Gasteiger partial charge in [0.2, 0.25) is 0 Å². The van der Waals surface area contributed by atoms with E-state index in [1.807, 2.05) is 0 Å². The van der Waals surface area contributed by atoms with Crippen LogP contribution in [0.4, 0.5) is 0 Å². The van der Waals surface area contributed by atoms with Crippen LogP contribution in [0.2, 0.25) is 0 Å². The predicted molar refractivity (Wildman–Crippen MR) is 61.1 cm³/mol. The summed E-state index contributed by atoms with van der Waals surface area (Å²) in [7, 11) is 2.20. The topological polar surface area (TPSA) is 3.24 Å². The maximum atomic E-state index is 2.41. The molecule has 1 aliphatic heterocycles. The average molecular weight is 187 g/mol. The average Bonchev–Trinajstić information content (AvgIpc) is 2.23. The molecule has 0 bridgehead atoms. The van der Waals surface area contributed by atoms with Crippen molar-refractivity contribution >= 4 is 5.57 Å². The zero-order valence-corrected chi connectivity index (χ0v) is 8.90. The largest absolute Gasteiger partial charge is 0.299 e. The van der Waals surface area contributed by atoms with E-state index in [4.69, 9.17) is 0 Å². The minimum absolute atomic E-state index is 0.547. The van der Waals surface area contributed by atoms with E-state index >= 15 is 0 Å². The second-order valence-corrected chi connectivity index (χ2v) is 3.97. The molecule has 1 atom stereocenters. The molecule has 1 heteroatoms. The van der Waals surface area contributed by atoms with Crippen molar-refractivity contribution in [3.05, 3.63) is 42.0 Å². The Morgan fingerprint density at radius 2 is 1.93 bits per heavy atom. The smallest absolute Gasteiger partial charge is 0.0319 e. The second-order valence-electron chi connectivity index (χ2n) is 3.97. The molecule has 1 heterocycles. The van der Waals surface area contributed by atoms with Crippen LogP contribution in [0.1, 0.15) is 18.9 Å². The van der Waals surface area contributed by atoms with Gasteiger partial charge in [-0.2, -0.15) is 0 Å². The second kappa shape index (κ2) is 3.97. The van der Waals surface area contributed by atoms with Gasteiger partial charge in [0.05, 0.1) is 0 Å². The van der Waals surface area contributed by atoms with Gasteiger partial charge in [0.25, 0.3) is 0 Å². The lowest BCUT2D eigenvalue weighted by Gasteiger charge is -2.31. The SMILES string of the molecule is CC1C(c2ccccc2)=CCCN1C. The highest BCUT2D eigenvalue weighted by Crippen LogP contribution is 2.25. The molecule has 0 amide bonds. The van der Waals surface area contributed by atoms with E-state index in [1.165, 1.54) is 24.1 Å². The van der Waals surface area contributed by atoms with Crippen LogP contribution in [0.5, 0.6) is 0 Å². The van der Waals surface area contributed by atoms with Crippen molar-refractivity contribution in [1.82, 2.24) is 4.90 Å². The first-order chi connectivity index (χ1) is 6.79. The van der Waals surface area contributed by atoms with Crippen LogP contribution in [0.3, 0.4) is 0 Å². The van der Waals surface area contributed by atoms with Crippen LogP contribution in [0.25, 0.3) is 5.57 Å². The molecule has 0 aliphatic carbocycles. The molecule has 1 nitrogen and oxygen atoms in total. The van der Waals surface area contributed by atoms with Crippen molar-refractivity contribution in [3.8, 4) is 0 Å². The maximum Gasteiger partial charge on any atom is 0.0319 e. The molecule has 14 heavy (non-hydrogen) atoms. The Kier molecular flexibility index (Phi) is 2.69. The molecule has 0 saturated heterocycles. The van der Waals surface area contributed by atoms with Crippen molar-refractivity contribution in [2.24, 2.45) is 0 Å². The van der Waals surface area contributed by atoms with Gasteiger partial charge in [-0.15, -0.1) is 0 Å². The molecule has 0 radical (unpaired) electrons. The molecule has 0 aromatic heterocycles. The Morgan fingerprint density at radius 1 is 1.21 bits per heavy atom. The molecular formula is C13H17N. The van der Waals surface area contributed by atoms with Gasteiger partial charge in [0, 0.05) is 12.6 Å². The van der Waals surface area contributed by atoms with Gasteiger partial charge in [-0.05, 0) is 31.5 Å². The first-order valence-corrected chi connectivity index (χ1v) is 5.25. The van der Waals surface area contributed by atoms with Crippen LogP contribution in [-0.2, 0) is 0 Å². The number of benzene rings is 1. The first-order valence-electron chi connectivity index (χ1n) is 5.25. The summed E-state index contributed by atoms with van der Waals surface area (Å²) in [5, 5.41) is 0. The number of nitrogens with zero attached hydrogens (tertiary/aromatic N) is 1. The minimum Gasteiger partial charge on any atom is -0.299 e. The fraction of sp³-hybridized carbons (Fsp3) is 0.385. The molecule has 0 spiro atoms. The summed E-state index contributed by atoms with van der Waals surface area (Å²) in [4.78, 5) is 2.41. The van der Waals surface area contributed by atoms with Gasteiger partial charge >= 0.3 is 0 Å². The molecular weight excluding hydrogens is 170 g/mol. The number of likely N-dealkylation sites (N-methyl/N-ethyl adjacent to an activating group) is 1. The molecule has 0 fully saturated rings. The van der Waals surface area contributed by atoms with E-state index in [-0.39, 0.29) is 0 Å². The summed E-state index contributed by atoms with van der Waals surface area (Å²) in [5.41, 5.74) is 2.84. The van der Waals surface area contributed by atoms with E-state index in [0.717, 1.165) is 0 Å². The van der Waals surface area contributed by atoms with Gasteiger partial charge in [-0.1, -0.05) is 36.4 Å². The highest BCUT2D eigenvalue weighted by atomic mass is 15.1. The van der Waals surface area contributed by atoms with Crippen LogP contribution >= 0.6 is 0 Å². The Hall–Kier alpha value is -1.08. The van der Waals surface area contributed by atoms with E-state index in [2.05, 4.69) is 55.3 Å². The van der Waals surface area contributed by atoms with Gasteiger partial charge in [-0.3, -0.25) is 4.90 Å². The third-order valence-electron chi connectivity index (χ3n) is 3.06. The molecule has 1 unspecified atom stereocenters. The summed E-state index contributed by atoms with van der Waals surface area (Å²) in [6.07, 6.45) is 3.55. The third-order valence-corrected chi connectivity index (χ3v) is 3.06. The van der Waals surface area contributed by atoms with Crippen molar-refractivity contribution in [3.63, 3.8) is 0 Å². The Balaban J connectivity index is 2.30. The van der Waals surface area contributed by atoms with Gasteiger partial charge in [-0.25, -0.2) is 0 Å².